The van der Waals surface area contributed by atoms with Crippen molar-refractivity contribution in [3.8, 4) is 0 Å². The van der Waals surface area contributed by atoms with Crippen LogP contribution in [0.15, 0.2) is 35.4 Å². The third kappa shape index (κ3) is 5.09. The first-order chi connectivity index (χ1) is 17.6. The zero-order valence-electron chi connectivity index (χ0n) is 21.7. The number of thiazole rings is 1. The standard InChI is InChI=1S/C25H31N7O3SSi/c1-16(33)26-13-21-29-24-23(36-21)19-12-27-31(25(34)22(19)30(24)2)14-17-7-6-8-20-18(17)11-28-32(20)15-35-9-10-37(3,4)5/h6-8,11-12H,9-10,13-15H2,1-5H3,(H,26,33). The van der Waals surface area contributed by atoms with Gasteiger partial charge in [0.05, 0.1) is 35.7 Å². The smallest absolute Gasteiger partial charge is 0.291 e. The zero-order valence-corrected chi connectivity index (χ0v) is 23.6. The lowest BCUT2D eigenvalue weighted by molar-refractivity contribution is -0.119. The molecule has 0 atom stereocenters. The fourth-order valence-corrected chi connectivity index (χ4v) is 6.12. The van der Waals surface area contributed by atoms with Gasteiger partial charge in [-0.2, -0.15) is 10.2 Å². The molecule has 0 bridgehead atoms. The maximum absolute atomic E-state index is 13.5. The van der Waals surface area contributed by atoms with Crippen molar-refractivity contribution in [1.29, 1.82) is 0 Å². The maximum Gasteiger partial charge on any atom is 0.291 e. The van der Waals surface area contributed by atoms with Crippen molar-refractivity contribution < 1.29 is 9.53 Å². The summed E-state index contributed by atoms with van der Waals surface area (Å²) >= 11 is 1.47. The minimum absolute atomic E-state index is 0.108. The van der Waals surface area contributed by atoms with Crippen LogP contribution in [0, 0.1) is 0 Å². The third-order valence-electron chi connectivity index (χ3n) is 6.37. The Morgan fingerprint density at radius 1 is 1.14 bits per heavy atom. The molecule has 194 valence electrons. The van der Waals surface area contributed by atoms with E-state index in [0.29, 0.717) is 25.3 Å². The van der Waals surface area contributed by atoms with Gasteiger partial charge in [-0.3, -0.25) is 9.59 Å². The number of carbonyl (C=O) groups is 1. The first kappa shape index (κ1) is 25.3. The molecule has 5 aromatic rings. The summed E-state index contributed by atoms with van der Waals surface area (Å²) in [5, 5.41) is 14.3. The van der Waals surface area contributed by atoms with Crippen LogP contribution in [-0.2, 0) is 36.4 Å². The van der Waals surface area contributed by atoms with E-state index in [0.717, 1.165) is 49.9 Å². The molecule has 37 heavy (non-hydrogen) atoms. The molecular weight excluding hydrogens is 506 g/mol. The Kier molecular flexibility index (Phi) is 6.73. The van der Waals surface area contributed by atoms with Gasteiger partial charge in [-0.15, -0.1) is 11.3 Å². The molecule has 0 fully saturated rings. The molecule has 0 aliphatic rings. The molecule has 10 nitrogen and oxygen atoms in total. The van der Waals surface area contributed by atoms with E-state index in [-0.39, 0.29) is 11.5 Å². The average molecular weight is 538 g/mol. The highest BCUT2D eigenvalue weighted by Gasteiger charge is 2.19. The molecule has 0 aliphatic heterocycles. The molecule has 0 aliphatic carbocycles. The summed E-state index contributed by atoms with van der Waals surface area (Å²) in [4.78, 5) is 29.4. The van der Waals surface area contributed by atoms with Crippen molar-refractivity contribution in [1.82, 2.24) is 34.4 Å². The molecule has 0 saturated heterocycles. The van der Waals surface area contributed by atoms with Crippen LogP contribution >= 0.6 is 11.3 Å². The van der Waals surface area contributed by atoms with Crippen molar-refractivity contribution in [3.63, 3.8) is 0 Å². The molecular formula is C25H31N7O3SSi. The number of hydrogen-bond donors (Lipinski definition) is 1. The monoisotopic (exact) mass is 537 g/mol. The fraction of sp³-hybridized carbons (Fsp3) is 0.400. The molecule has 0 spiro atoms. The Balaban J connectivity index is 1.41. The van der Waals surface area contributed by atoms with Crippen LogP contribution in [-0.4, -0.2) is 49.7 Å². The van der Waals surface area contributed by atoms with E-state index in [1.54, 1.807) is 6.20 Å². The van der Waals surface area contributed by atoms with Crippen molar-refractivity contribution in [3.05, 3.63) is 51.5 Å². The van der Waals surface area contributed by atoms with E-state index < -0.39 is 8.07 Å². The summed E-state index contributed by atoms with van der Waals surface area (Å²) < 4.78 is 12.0. The molecule has 1 N–H and O–H groups in total. The van der Waals surface area contributed by atoms with Gasteiger partial charge >= 0.3 is 0 Å². The first-order valence-electron chi connectivity index (χ1n) is 12.2. The van der Waals surface area contributed by atoms with Crippen molar-refractivity contribution >= 4 is 57.5 Å². The second kappa shape index (κ2) is 9.84. The van der Waals surface area contributed by atoms with Gasteiger partial charge < -0.3 is 14.6 Å². The Morgan fingerprint density at radius 3 is 2.65 bits per heavy atom. The Labute approximate surface area is 218 Å². The van der Waals surface area contributed by atoms with Crippen LogP contribution in [0.25, 0.3) is 32.2 Å². The molecule has 5 rings (SSSR count). The Bertz CT molecular complexity index is 1680. The summed E-state index contributed by atoms with van der Waals surface area (Å²) in [6, 6.07) is 7.10. The van der Waals surface area contributed by atoms with E-state index in [4.69, 9.17) is 4.74 Å². The lowest BCUT2D eigenvalue weighted by Crippen LogP contribution is -2.24. The molecule has 4 heterocycles. The summed E-state index contributed by atoms with van der Waals surface area (Å²) in [6.45, 7) is 10.3. The number of hydrogen-bond acceptors (Lipinski definition) is 7. The number of amides is 1. The van der Waals surface area contributed by atoms with Crippen LogP contribution in [0.5, 0.6) is 0 Å². The van der Waals surface area contributed by atoms with Crippen molar-refractivity contribution in [2.75, 3.05) is 6.61 Å². The topological polar surface area (TPSA) is 109 Å². The van der Waals surface area contributed by atoms with Gasteiger partial charge in [-0.05, 0) is 17.7 Å². The quantitative estimate of drug-likeness (QED) is 0.227. The number of aromatic nitrogens is 6. The van der Waals surface area contributed by atoms with Crippen LogP contribution in [0.4, 0.5) is 0 Å². The van der Waals surface area contributed by atoms with Gasteiger partial charge in [0.2, 0.25) is 5.91 Å². The number of carbonyl (C=O) groups excluding carboxylic acids is 1. The minimum Gasteiger partial charge on any atom is -0.360 e. The van der Waals surface area contributed by atoms with Gasteiger partial charge in [0.1, 0.15) is 17.3 Å². The number of rotatable bonds is 9. The van der Waals surface area contributed by atoms with E-state index in [1.165, 1.54) is 22.9 Å². The van der Waals surface area contributed by atoms with E-state index in [9.17, 15) is 9.59 Å². The molecule has 0 radical (unpaired) electrons. The van der Waals surface area contributed by atoms with Crippen LogP contribution in [0.1, 0.15) is 17.5 Å². The molecule has 0 saturated carbocycles. The van der Waals surface area contributed by atoms with Gasteiger partial charge in [-0.25, -0.2) is 14.3 Å². The third-order valence-corrected chi connectivity index (χ3v) is 9.15. The summed E-state index contributed by atoms with van der Waals surface area (Å²) in [5.74, 6) is -0.108. The van der Waals surface area contributed by atoms with Crippen LogP contribution in [0.3, 0.4) is 0 Å². The summed E-state index contributed by atoms with van der Waals surface area (Å²) in [6.07, 6.45) is 3.56. The highest BCUT2D eigenvalue weighted by atomic mass is 32.1. The Hall–Kier alpha value is -3.35. The molecule has 1 amide bonds. The highest BCUT2D eigenvalue weighted by Crippen LogP contribution is 2.31. The first-order valence-corrected chi connectivity index (χ1v) is 16.7. The van der Waals surface area contributed by atoms with Crippen molar-refractivity contribution in [2.24, 2.45) is 7.05 Å². The summed E-state index contributed by atoms with van der Waals surface area (Å²) in [5.41, 5.74) is 3.04. The summed E-state index contributed by atoms with van der Waals surface area (Å²) in [7, 11) is 0.693. The molecule has 12 heteroatoms. The normalized spacial score (nSPS) is 12.2. The second-order valence-corrected chi connectivity index (χ2v) is 17.1. The molecule has 0 unspecified atom stereocenters. The predicted molar refractivity (Wildman–Crippen MR) is 149 cm³/mol. The number of nitrogens with one attached hydrogen (secondary N) is 1. The molecule has 4 aromatic heterocycles. The van der Waals surface area contributed by atoms with Crippen LogP contribution < -0.4 is 10.9 Å². The second-order valence-electron chi connectivity index (χ2n) is 10.4. The number of fused-ring (bicyclic) bond motifs is 4. The maximum atomic E-state index is 13.5. The largest absolute Gasteiger partial charge is 0.360 e. The SMILES string of the molecule is CC(=O)NCc1nc2c(s1)c1cnn(Cc3cccc4c3cnn4COCC[Si](C)(C)C)c(=O)c1n2C. The van der Waals surface area contributed by atoms with Crippen LogP contribution in [0.2, 0.25) is 25.7 Å². The van der Waals surface area contributed by atoms with Gasteiger partial charge in [0.25, 0.3) is 5.56 Å². The zero-order chi connectivity index (χ0) is 26.3. The number of aryl methyl sites for hydroxylation is 1. The van der Waals surface area contributed by atoms with Crippen molar-refractivity contribution in [2.45, 2.75) is 52.4 Å². The Morgan fingerprint density at radius 2 is 1.89 bits per heavy atom. The lowest BCUT2D eigenvalue weighted by Gasteiger charge is -2.15. The van der Waals surface area contributed by atoms with Gasteiger partial charge in [0, 0.05) is 39.4 Å². The minimum atomic E-state index is -1.15. The van der Waals surface area contributed by atoms with Gasteiger partial charge in [-0.1, -0.05) is 31.8 Å². The predicted octanol–water partition coefficient (Wildman–Crippen LogP) is 3.69. The number of ether oxygens (including phenoxy) is 1. The van der Waals surface area contributed by atoms with E-state index in [2.05, 4.69) is 40.1 Å². The fourth-order valence-electron chi connectivity index (χ4n) is 4.32. The van der Waals surface area contributed by atoms with E-state index in [1.807, 2.05) is 40.7 Å². The number of nitrogens with zero attached hydrogens (tertiary/aromatic N) is 6. The average Bonchev–Trinajstić information content (AvgIpc) is 3.51. The highest BCUT2D eigenvalue weighted by molar-refractivity contribution is 7.19. The lowest BCUT2D eigenvalue weighted by atomic mass is 10.1. The molecule has 1 aromatic carbocycles. The number of benzene rings is 1. The van der Waals surface area contributed by atoms with Gasteiger partial charge in [0.15, 0.2) is 5.65 Å². The van der Waals surface area contributed by atoms with E-state index >= 15 is 0 Å².